The first kappa shape index (κ1) is 34.6. The van der Waals surface area contributed by atoms with Gasteiger partial charge in [0.2, 0.25) is 0 Å². The molecule has 0 saturated carbocycles. The fourth-order valence-electron chi connectivity index (χ4n) is 4.03. The lowest BCUT2D eigenvalue weighted by atomic mass is 9.89. The molecule has 0 radical (unpaired) electrons. The fourth-order valence-corrected chi connectivity index (χ4v) is 4.85. The van der Waals surface area contributed by atoms with Gasteiger partial charge in [-0.25, -0.2) is 8.78 Å². The molecule has 236 valence electrons. The first-order valence-corrected chi connectivity index (χ1v) is 12.7. The second kappa shape index (κ2) is 11.9. The zero-order chi connectivity index (χ0) is 33.6. The molecule has 0 aliphatic rings. The number of anilines is 1. The zero-order valence-corrected chi connectivity index (χ0v) is 23.6. The number of nitro groups is 1. The van der Waals surface area contributed by atoms with E-state index in [1.54, 1.807) is 0 Å². The van der Waals surface area contributed by atoms with Crippen molar-refractivity contribution in [1.82, 2.24) is 0 Å². The summed E-state index contributed by atoms with van der Waals surface area (Å²) in [5.74, 6) is -3.76. The highest BCUT2D eigenvalue weighted by atomic mass is 127. The number of non-ortho nitro benzene ring substituents is 1. The van der Waals surface area contributed by atoms with Crippen LogP contribution in [0.3, 0.4) is 0 Å². The molecule has 0 aliphatic carbocycles. The van der Waals surface area contributed by atoms with Gasteiger partial charge in [-0.15, -0.1) is 0 Å². The van der Waals surface area contributed by atoms with Gasteiger partial charge in [0.25, 0.3) is 11.6 Å². The molecular formula is C26H14F11IN2O4. The summed E-state index contributed by atoms with van der Waals surface area (Å²) in [5, 5.41) is 10.8. The maximum absolute atomic E-state index is 15.4. The maximum atomic E-state index is 15.4. The monoisotopic (exact) mass is 754 g/mol. The van der Waals surface area contributed by atoms with E-state index in [2.05, 4.69) is 0 Å². The zero-order valence-electron chi connectivity index (χ0n) is 21.5. The van der Waals surface area contributed by atoms with E-state index in [-0.39, 0.29) is 17.3 Å². The van der Waals surface area contributed by atoms with Gasteiger partial charge >= 0.3 is 24.2 Å². The minimum absolute atomic E-state index is 0.136. The number of rotatable bonds is 7. The fraction of sp³-hybridized carbons (Fsp3) is 0.231. The second-order valence-corrected chi connectivity index (χ2v) is 10.2. The van der Waals surface area contributed by atoms with Crippen LogP contribution in [-0.2, 0) is 18.3 Å². The summed E-state index contributed by atoms with van der Waals surface area (Å²) in [4.78, 5) is 36.5. The van der Waals surface area contributed by atoms with Gasteiger partial charge in [0.1, 0.15) is 0 Å². The lowest BCUT2D eigenvalue weighted by Gasteiger charge is -2.31. The maximum Gasteiger partial charge on any atom is 0.435 e. The summed E-state index contributed by atoms with van der Waals surface area (Å²) in [7, 11) is 1.05. The molecule has 44 heavy (non-hydrogen) atoms. The molecule has 0 bridgehead atoms. The van der Waals surface area contributed by atoms with E-state index in [1.807, 2.05) is 0 Å². The summed E-state index contributed by atoms with van der Waals surface area (Å²) in [6.45, 7) is 0. The lowest BCUT2D eigenvalue weighted by molar-refractivity contribution is -0.384. The van der Waals surface area contributed by atoms with Gasteiger partial charge in [-0.3, -0.25) is 19.7 Å². The molecule has 0 spiro atoms. The Kier molecular flexibility index (Phi) is 9.39. The number of carbonyl (C=O) groups excluding carboxylic acids is 2. The van der Waals surface area contributed by atoms with Crippen LogP contribution in [0.15, 0.2) is 54.6 Å². The number of hydrogen-bond donors (Lipinski definition) is 0. The molecule has 0 N–H and O–H groups in total. The molecule has 1 amide bonds. The molecular weight excluding hydrogens is 740 g/mol. The van der Waals surface area contributed by atoms with Gasteiger partial charge < -0.3 is 4.90 Å². The Morgan fingerprint density at radius 1 is 0.886 bits per heavy atom. The molecule has 0 aromatic heterocycles. The molecule has 0 saturated heterocycles. The van der Waals surface area contributed by atoms with E-state index in [0.29, 0.717) is 4.90 Å². The van der Waals surface area contributed by atoms with Crippen LogP contribution in [0.4, 0.5) is 59.7 Å². The number of Topliss-reactive ketones (excluding diaryl/α,β-unsaturated/α-hetero) is 1. The van der Waals surface area contributed by atoms with Crippen LogP contribution in [0.1, 0.15) is 37.4 Å². The number of alkyl halides is 10. The Bertz CT molecular complexity index is 1600. The Morgan fingerprint density at radius 3 is 1.91 bits per heavy atom. The van der Waals surface area contributed by atoms with Crippen LogP contribution < -0.4 is 4.90 Å². The molecule has 0 fully saturated rings. The quantitative estimate of drug-likeness (QED) is 0.0799. The van der Waals surface area contributed by atoms with Crippen molar-refractivity contribution >= 4 is 45.7 Å². The number of hydrogen-bond acceptors (Lipinski definition) is 4. The number of carbonyl (C=O) groups is 2. The summed E-state index contributed by atoms with van der Waals surface area (Å²) in [6, 6.07) is 6.09. The highest BCUT2D eigenvalue weighted by Crippen LogP contribution is 2.54. The van der Waals surface area contributed by atoms with Crippen molar-refractivity contribution in [2.75, 3.05) is 11.9 Å². The van der Waals surface area contributed by atoms with Crippen LogP contribution in [-0.4, -0.2) is 36.0 Å². The Hall–Kier alpha value is -3.84. The lowest BCUT2D eigenvalue weighted by Crippen LogP contribution is -2.50. The van der Waals surface area contributed by atoms with E-state index in [0.717, 1.165) is 72.1 Å². The van der Waals surface area contributed by atoms with Crippen molar-refractivity contribution in [1.29, 1.82) is 0 Å². The summed E-state index contributed by atoms with van der Waals surface area (Å²) in [6.07, 6.45) is -20.5. The molecule has 3 aromatic rings. The Morgan fingerprint density at radius 2 is 1.43 bits per heavy atom. The molecule has 3 aromatic carbocycles. The molecule has 0 unspecified atom stereocenters. The standard InChI is InChI=1S/C26H14F11IN2O4/c1-39(22(42)12-5-7-14(8-6-12)40(43)44)19-4-2-3-15(21(19)27)20(41)11-16-17(24(29,30)31)9-13(10-18(16)38)23(28,25(32,33)34)26(35,36)37/h2-10H,11H2,1H3. The van der Waals surface area contributed by atoms with Crippen molar-refractivity contribution in [3.63, 3.8) is 0 Å². The van der Waals surface area contributed by atoms with Crippen molar-refractivity contribution < 1.29 is 62.8 Å². The van der Waals surface area contributed by atoms with Crippen molar-refractivity contribution in [3.8, 4) is 0 Å². The van der Waals surface area contributed by atoms with Crippen molar-refractivity contribution in [3.05, 3.63) is 102 Å². The second-order valence-electron chi connectivity index (χ2n) is 9.04. The third-order valence-corrected chi connectivity index (χ3v) is 7.25. The van der Waals surface area contributed by atoms with E-state index < -0.39 is 90.6 Å². The summed E-state index contributed by atoms with van der Waals surface area (Å²) in [5.41, 5.74) is -13.9. The van der Waals surface area contributed by atoms with Crippen molar-refractivity contribution in [2.24, 2.45) is 0 Å². The van der Waals surface area contributed by atoms with Gasteiger partial charge in [0.05, 0.1) is 21.7 Å². The molecule has 0 atom stereocenters. The average molecular weight is 754 g/mol. The molecule has 18 heteroatoms. The van der Waals surface area contributed by atoms with E-state index in [4.69, 9.17) is 0 Å². The number of halogens is 12. The molecule has 0 aliphatic heterocycles. The van der Waals surface area contributed by atoms with Crippen LogP contribution in [0.25, 0.3) is 0 Å². The summed E-state index contributed by atoms with van der Waals surface area (Å²) < 4.78 is 150. The molecule has 6 nitrogen and oxygen atoms in total. The van der Waals surface area contributed by atoms with Gasteiger partial charge in [-0.1, -0.05) is 6.07 Å². The number of nitro benzene ring substituents is 1. The summed E-state index contributed by atoms with van der Waals surface area (Å²) >= 11 is 0.906. The van der Waals surface area contributed by atoms with Gasteiger partial charge in [-0.05, 0) is 64.6 Å². The minimum atomic E-state index is -6.71. The van der Waals surface area contributed by atoms with Crippen LogP contribution in [0, 0.1) is 19.5 Å². The first-order valence-electron chi connectivity index (χ1n) is 11.6. The number of nitrogens with zero attached hydrogens (tertiary/aromatic N) is 2. The predicted octanol–water partition coefficient (Wildman–Crippen LogP) is 8.35. The van der Waals surface area contributed by atoms with Crippen LogP contribution >= 0.6 is 22.6 Å². The number of benzene rings is 3. The molecule has 3 rings (SSSR count). The SMILES string of the molecule is CN(C(=O)c1ccc([N+](=O)[O-])cc1)c1cccc(C(=O)Cc2c(I)cc(C(F)(C(F)(F)F)C(F)(F)F)cc2C(F)(F)F)c1F. The highest BCUT2D eigenvalue weighted by molar-refractivity contribution is 14.1. The normalized spacial score (nSPS) is 12.7. The average Bonchev–Trinajstić information content (AvgIpc) is 2.90. The third-order valence-electron chi connectivity index (χ3n) is 6.29. The van der Waals surface area contributed by atoms with Crippen LogP contribution in [0.2, 0.25) is 0 Å². The van der Waals surface area contributed by atoms with E-state index in [1.165, 1.54) is 0 Å². The van der Waals surface area contributed by atoms with Gasteiger partial charge in [0.15, 0.2) is 11.6 Å². The van der Waals surface area contributed by atoms with Crippen molar-refractivity contribution in [2.45, 2.75) is 30.6 Å². The number of amides is 1. The van der Waals surface area contributed by atoms with Crippen LogP contribution in [0.5, 0.6) is 0 Å². The smallest absolute Gasteiger partial charge is 0.309 e. The molecule has 0 heterocycles. The van der Waals surface area contributed by atoms with Gasteiger partial charge in [0, 0.05) is 40.3 Å². The topological polar surface area (TPSA) is 80.5 Å². The minimum Gasteiger partial charge on any atom is -0.309 e. The van der Waals surface area contributed by atoms with E-state index in [9.17, 15) is 63.6 Å². The predicted molar refractivity (Wildman–Crippen MR) is 139 cm³/mol. The largest absolute Gasteiger partial charge is 0.435 e. The third kappa shape index (κ3) is 6.48. The Labute approximate surface area is 252 Å². The van der Waals surface area contributed by atoms with E-state index >= 15 is 4.39 Å². The Balaban J connectivity index is 2.05. The van der Waals surface area contributed by atoms with Gasteiger partial charge in [-0.2, -0.15) is 39.5 Å². The first-order chi connectivity index (χ1) is 20.0. The highest BCUT2D eigenvalue weighted by Gasteiger charge is 2.73. The number of ketones is 1.